The molecule has 0 saturated carbocycles. The van der Waals surface area contributed by atoms with Gasteiger partial charge in [-0.2, -0.15) is 20.3 Å². The summed E-state index contributed by atoms with van der Waals surface area (Å²) >= 11 is 0. The Kier molecular flexibility index (Phi) is 6.01. The van der Waals surface area contributed by atoms with Crippen LogP contribution in [0.3, 0.4) is 0 Å². The lowest BCUT2D eigenvalue weighted by Gasteiger charge is -2.42. The summed E-state index contributed by atoms with van der Waals surface area (Å²) < 4.78 is 5.39. The standard InChI is InChI=1S/C20H28N8O2/c1-27(16-9-14-4-5-15(10-16)28(14)7-3-6-21)20-23-17(11-19(24-20)30-2)22-18-8-13(12-29)25-26-18/h8,11,14-16,29H,3-5,7,9-10,12H2,1-2H3,(H2,22,23,24,25,26)/t14-,15+,16?. The van der Waals surface area contributed by atoms with Crippen LogP contribution < -0.4 is 15.0 Å². The highest BCUT2D eigenvalue weighted by Crippen LogP contribution is 2.38. The number of piperidine rings is 1. The van der Waals surface area contributed by atoms with E-state index in [0.29, 0.717) is 53.7 Å². The minimum absolute atomic E-state index is 0.106. The van der Waals surface area contributed by atoms with Gasteiger partial charge in [-0.15, -0.1) is 0 Å². The molecule has 0 spiro atoms. The topological polar surface area (TPSA) is 126 Å². The summed E-state index contributed by atoms with van der Waals surface area (Å²) in [7, 11) is 3.62. The lowest BCUT2D eigenvalue weighted by Crippen LogP contribution is -2.50. The molecule has 2 fully saturated rings. The molecule has 30 heavy (non-hydrogen) atoms. The zero-order valence-corrected chi connectivity index (χ0v) is 17.4. The van der Waals surface area contributed by atoms with E-state index >= 15 is 0 Å². The van der Waals surface area contributed by atoms with Crippen LogP contribution in [0.1, 0.15) is 37.8 Å². The number of nitrogens with one attached hydrogen (secondary N) is 2. The van der Waals surface area contributed by atoms with Crippen molar-refractivity contribution in [2.24, 2.45) is 0 Å². The van der Waals surface area contributed by atoms with E-state index in [1.807, 2.05) is 7.05 Å². The molecule has 1 unspecified atom stereocenters. The summed E-state index contributed by atoms with van der Waals surface area (Å²) in [5, 5.41) is 28.2. The van der Waals surface area contributed by atoms with Gasteiger partial charge in [0.2, 0.25) is 11.8 Å². The lowest BCUT2D eigenvalue weighted by molar-refractivity contribution is 0.129. The molecule has 3 atom stereocenters. The molecule has 2 aliphatic heterocycles. The van der Waals surface area contributed by atoms with Gasteiger partial charge in [-0.25, -0.2) is 0 Å². The number of aromatic amines is 1. The maximum Gasteiger partial charge on any atom is 0.230 e. The van der Waals surface area contributed by atoms with Crippen molar-refractivity contribution in [3.05, 3.63) is 17.8 Å². The van der Waals surface area contributed by atoms with Gasteiger partial charge in [-0.3, -0.25) is 10.00 Å². The van der Waals surface area contributed by atoms with Gasteiger partial charge >= 0.3 is 0 Å². The number of hydrogen-bond acceptors (Lipinski definition) is 9. The Morgan fingerprint density at radius 2 is 2.07 bits per heavy atom. The first kappa shape index (κ1) is 20.4. The molecule has 10 heteroatoms. The highest BCUT2D eigenvalue weighted by atomic mass is 16.5. The van der Waals surface area contributed by atoms with Crippen molar-refractivity contribution >= 4 is 17.6 Å². The van der Waals surface area contributed by atoms with Crippen molar-refractivity contribution in [3.8, 4) is 11.9 Å². The highest BCUT2D eigenvalue weighted by Gasteiger charge is 2.41. The largest absolute Gasteiger partial charge is 0.481 e. The quantitative estimate of drug-likeness (QED) is 0.595. The van der Waals surface area contributed by atoms with Gasteiger partial charge in [-0.05, 0) is 25.7 Å². The number of hydrogen-bond donors (Lipinski definition) is 3. The summed E-state index contributed by atoms with van der Waals surface area (Å²) in [5.74, 6) is 2.22. The van der Waals surface area contributed by atoms with Crippen molar-refractivity contribution < 1.29 is 9.84 Å². The zero-order valence-electron chi connectivity index (χ0n) is 17.4. The average Bonchev–Trinajstić information content (AvgIpc) is 3.31. The third-order valence-corrected chi connectivity index (χ3v) is 6.16. The maximum atomic E-state index is 9.20. The van der Waals surface area contributed by atoms with Crippen molar-refractivity contribution in [2.45, 2.75) is 56.8 Å². The van der Waals surface area contributed by atoms with Crippen molar-refractivity contribution in [3.63, 3.8) is 0 Å². The molecule has 2 saturated heterocycles. The molecule has 0 aromatic carbocycles. The average molecular weight is 412 g/mol. The molecule has 0 radical (unpaired) electrons. The monoisotopic (exact) mass is 412 g/mol. The Morgan fingerprint density at radius 3 is 2.70 bits per heavy atom. The first-order valence-corrected chi connectivity index (χ1v) is 10.3. The van der Waals surface area contributed by atoms with Gasteiger partial charge in [0.15, 0.2) is 5.82 Å². The van der Waals surface area contributed by atoms with Crippen LogP contribution in [0.5, 0.6) is 5.88 Å². The molecule has 3 N–H and O–H groups in total. The smallest absolute Gasteiger partial charge is 0.230 e. The number of aliphatic hydroxyl groups excluding tert-OH is 1. The van der Waals surface area contributed by atoms with Gasteiger partial charge in [0.1, 0.15) is 5.82 Å². The fourth-order valence-corrected chi connectivity index (χ4v) is 4.65. The molecule has 4 rings (SSSR count). The maximum absolute atomic E-state index is 9.20. The number of aliphatic hydroxyl groups is 1. The third-order valence-electron chi connectivity index (χ3n) is 6.16. The summed E-state index contributed by atoms with van der Waals surface area (Å²) in [4.78, 5) is 13.9. The lowest BCUT2D eigenvalue weighted by atomic mass is 9.96. The predicted molar refractivity (Wildman–Crippen MR) is 112 cm³/mol. The second-order valence-electron chi connectivity index (χ2n) is 7.92. The third kappa shape index (κ3) is 4.17. The second-order valence-corrected chi connectivity index (χ2v) is 7.92. The number of fused-ring (bicyclic) bond motifs is 2. The number of aromatic nitrogens is 4. The molecular weight excluding hydrogens is 384 g/mol. The van der Waals surface area contributed by atoms with Gasteiger partial charge in [0, 0.05) is 50.3 Å². The molecule has 160 valence electrons. The highest BCUT2D eigenvalue weighted by molar-refractivity contribution is 5.55. The summed E-state index contributed by atoms with van der Waals surface area (Å²) in [6.45, 7) is 0.761. The van der Waals surface area contributed by atoms with Crippen LogP contribution in [0.25, 0.3) is 0 Å². The van der Waals surface area contributed by atoms with Crippen molar-refractivity contribution in [1.29, 1.82) is 5.26 Å². The van der Waals surface area contributed by atoms with Crippen LogP contribution in [-0.4, -0.2) is 69.0 Å². The minimum atomic E-state index is -0.106. The zero-order chi connectivity index (χ0) is 21.1. The molecule has 2 bridgehead atoms. The van der Waals surface area contributed by atoms with E-state index in [9.17, 15) is 5.11 Å². The van der Waals surface area contributed by atoms with Gasteiger partial charge in [0.05, 0.1) is 25.5 Å². The Labute approximate surface area is 175 Å². The van der Waals surface area contributed by atoms with E-state index < -0.39 is 0 Å². The van der Waals surface area contributed by atoms with Crippen LogP contribution in [0.2, 0.25) is 0 Å². The fourth-order valence-electron chi connectivity index (χ4n) is 4.65. The first-order chi connectivity index (χ1) is 14.6. The normalized spacial score (nSPS) is 23.2. The molecule has 10 nitrogen and oxygen atoms in total. The molecule has 0 amide bonds. The van der Waals surface area contributed by atoms with Crippen LogP contribution in [0.4, 0.5) is 17.6 Å². The summed E-state index contributed by atoms with van der Waals surface area (Å²) in [5.41, 5.74) is 0.620. The Balaban J connectivity index is 1.50. The number of methoxy groups -OCH3 is 1. The predicted octanol–water partition coefficient (Wildman–Crippen LogP) is 1.79. The number of ether oxygens (including phenoxy) is 1. The molecule has 2 aromatic rings. The number of nitriles is 1. The first-order valence-electron chi connectivity index (χ1n) is 10.3. The van der Waals surface area contributed by atoms with Crippen LogP contribution in [0.15, 0.2) is 12.1 Å². The summed E-state index contributed by atoms with van der Waals surface area (Å²) in [6.07, 6.45) is 5.06. The van der Waals surface area contributed by atoms with Gasteiger partial charge in [0.25, 0.3) is 0 Å². The molecule has 4 heterocycles. The molecular formula is C20H28N8O2. The molecule has 2 aliphatic rings. The van der Waals surface area contributed by atoms with Crippen LogP contribution in [-0.2, 0) is 6.61 Å². The fraction of sp³-hybridized carbons (Fsp3) is 0.600. The van der Waals surface area contributed by atoms with Gasteiger partial charge < -0.3 is 20.1 Å². The van der Waals surface area contributed by atoms with Crippen LogP contribution >= 0.6 is 0 Å². The van der Waals surface area contributed by atoms with E-state index in [1.165, 1.54) is 12.8 Å². The van der Waals surface area contributed by atoms with Gasteiger partial charge in [-0.1, -0.05) is 0 Å². The van der Waals surface area contributed by atoms with Crippen molar-refractivity contribution in [2.75, 3.05) is 30.9 Å². The number of H-pyrrole nitrogens is 1. The van der Waals surface area contributed by atoms with E-state index in [4.69, 9.17) is 10.00 Å². The number of anilines is 3. The Morgan fingerprint density at radius 1 is 1.30 bits per heavy atom. The summed E-state index contributed by atoms with van der Waals surface area (Å²) in [6, 6.07) is 7.11. The van der Waals surface area contributed by atoms with E-state index in [-0.39, 0.29) is 6.61 Å². The molecule has 2 aromatic heterocycles. The minimum Gasteiger partial charge on any atom is -0.481 e. The molecule has 0 aliphatic carbocycles. The Bertz CT molecular complexity index is 896. The van der Waals surface area contributed by atoms with Crippen LogP contribution in [0, 0.1) is 11.3 Å². The van der Waals surface area contributed by atoms with Crippen molar-refractivity contribution in [1.82, 2.24) is 25.1 Å². The van der Waals surface area contributed by atoms with E-state index in [1.54, 1.807) is 19.2 Å². The Hall–Kier alpha value is -2.90. The number of rotatable bonds is 8. The van der Waals surface area contributed by atoms with E-state index in [0.717, 1.165) is 19.4 Å². The second kappa shape index (κ2) is 8.85. The van der Waals surface area contributed by atoms with E-state index in [2.05, 4.69) is 41.4 Å². The number of nitrogens with zero attached hydrogens (tertiary/aromatic N) is 6. The SMILES string of the molecule is COc1cc(Nc2cc(CO)[nH]n2)nc(N(C)C2C[C@H]3CC[C@@H](C2)N3CCC#N)n1.